The largest absolute Gasteiger partial charge is 0.477 e. The minimum absolute atomic E-state index is 0.0889. The van der Waals surface area contributed by atoms with Gasteiger partial charge in [0.25, 0.3) is 0 Å². The Hall–Kier alpha value is -1.79. The number of nitrogens with zero attached hydrogens (tertiary/aromatic N) is 1. The quantitative estimate of drug-likeness (QED) is 0.831. The molecular weight excluding hydrogens is 251 g/mol. The van der Waals surface area contributed by atoms with Crippen LogP contribution in [0, 0.1) is 0 Å². The second-order valence-electron chi connectivity index (χ2n) is 3.89. The highest BCUT2D eigenvalue weighted by Crippen LogP contribution is 2.22. The number of carbonyl (C=O) groups is 2. The molecular formula is C11H12F3NO3. The standard InChI is InChI=1S/C11H12F3NO3/c1-7(16)8-5-9(10(17)18)15(6-8)4-2-3-11(12,13)14/h5-6H,2-4H2,1H3,(H,17,18). The molecule has 0 spiro atoms. The van der Waals surface area contributed by atoms with Crippen LogP contribution < -0.4 is 0 Å². The van der Waals surface area contributed by atoms with Crippen molar-refractivity contribution in [3.05, 3.63) is 23.5 Å². The Morgan fingerprint density at radius 1 is 1.39 bits per heavy atom. The van der Waals surface area contributed by atoms with Gasteiger partial charge in [-0.1, -0.05) is 0 Å². The van der Waals surface area contributed by atoms with Crippen molar-refractivity contribution >= 4 is 11.8 Å². The molecule has 1 aromatic rings. The third kappa shape index (κ3) is 3.90. The van der Waals surface area contributed by atoms with Gasteiger partial charge in [0.15, 0.2) is 5.78 Å². The first-order chi connectivity index (χ1) is 8.20. The number of alkyl halides is 3. The Morgan fingerprint density at radius 2 is 2.00 bits per heavy atom. The van der Waals surface area contributed by atoms with E-state index in [-0.39, 0.29) is 30.0 Å². The SMILES string of the molecule is CC(=O)c1cc(C(=O)O)n(CCCC(F)(F)F)c1. The summed E-state index contributed by atoms with van der Waals surface area (Å²) in [6.45, 7) is 1.18. The van der Waals surface area contributed by atoms with E-state index in [1.807, 2.05) is 0 Å². The van der Waals surface area contributed by atoms with Gasteiger partial charge in [0, 0.05) is 24.7 Å². The number of hydrogen-bond donors (Lipinski definition) is 1. The van der Waals surface area contributed by atoms with E-state index in [2.05, 4.69) is 0 Å². The first-order valence-electron chi connectivity index (χ1n) is 5.22. The molecule has 1 aromatic heterocycles. The van der Waals surface area contributed by atoms with Crippen LogP contribution >= 0.6 is 0 Å². The maximum Gasteiger partial charge on any atom is 0.389 e. The van der Waals surface area contributed by atoms with E-state index in [4.69, 9.17) is 5.11 Å². The summed E-state index contributed by atoms with van der Waals surface area (Å²) in [5.74, 6) is -1.60. The molecule has 0 amide bonds. The number of carbonyl (C=O) groups excluding carboxylic acids is 1. The Balaban J connectivity index is 2.81. The van der Waals surface area contributed by atoms with Crippen LogP contribution in [0.1, 0.15) is 40.6 Å². The van der Waals surface area contributed by atoms with Gasteiger partial charge in [-0.2, -0.15) is 13.2 Å². The Morgan fingerprint density at radius 3 is 2.44 bits per heavy atom. The smallest absolute Gasteiger partial charge is 0.389 e. The molecule has 0 radical (unpaired) electrons. The molecule has 1 heterocycles. The van der Waals surface area contributed by atoms with Crippen molar-refractivity contribution in [2.45, 2.75) is 32.5 Å². The zero-order valence-corrected chi connectivity index (χ0v) is 9.62. The van der Waals surface area contributed by atoms with E-state index in [1.165, 1.54) is 13.1 Å². The second-order valence-corrected chi connectivity index (χ2v) is 3.89. The number of carboxylic acids is 1. The zero-order valence-electron chi connectivity index (χ0n) is 9.62. The normalized spacial score (nSPS) is 11.6. The van der Waals surface area contributed by atoms with Crippen molar-refractivity contribution < 1.29 is 27.9 Å². The summed E-state index contributed by atoms with van der Waals surface area (Å²) < 4.78 is 37.1. The molecule has 0 saturated carbocycles. The van der Waals surface area contributed by atoms with Gasteiger partial charge in [0.1, 0.15) is 5.69 Å². The lowest BCUT2D eigenvalue weighted by Crippen LogP contribution is -2.12. The zero-order chi connectivity index (χ0) is 13.9. The van der Waals surface area contributed by atoms with E-state index in [0.717, 1.165) is 10.6 Å². The topological polar surface area (TPSA) is 59.3 Å². The van der Waals surface area contributed by atoms with Gasteiger partial charge in [-0.25, -0.2) is 4.79 Å². The predicted molar refractivity (Wildman–Crippen MR) is 56.7 cm³/mol. The molecule has 0 unspecified atom stereocenters. The molecule has 18 heavy (non-hydrogen) atoms. The predicted octanol–water partition coefficient (Wildman–Crippen LogP) is 2.73. The number of rotatable bonds is 5. The Bertz CT molecular complexity index is 463. The molecule has 0 atom stereocenters. The molecule has 4 nitrogen and oxygen atoms in total. The van der Waals surface area contributed by atoms with Gasteiger partial charge >= 0.3 is 12.1 Å². The molecule has 0 aliphatic rings. The number of carboxylic acid groups (broad SMARTS) is 1. The molecule has 7 heteroatoms. The second kappa shape index (κ2) is 5.24. The van der Waals surface area contributed by atoms with Crippen molar-refractivity contribution in [2.75, 3.05) is 0 Å². The van der Waals surface area contributed by atoms with Crippen molar-refractivity contribution in [3.8, 4) is 0 Å². The van der Waals surface area contributed by atoms with Crippen molar-refractivity contribution in [2.24, 2.45) is 0 Å². The summed E-state index contributed by atoms with van der Waals surface area (Å²) in [6.07, 6.45) is -4.21. The number of ketones is 1. The van der Waals surface area contributed by atoms with Gasteiger partial charge < -0.3 is 9.67 Å². The van der Waals surface area contributed by atoms with Gasteiger partial charge in [0.2, 0.25) is 0 Å². The third-order valence-corrected chi connectivity index (χ3v) is 2.38. The van der Waals surface area contributed by atoms with Crippen LogP contribution in [0.2, 0.25) is 0 Å². The lowest BCUT2D eigenvalue weighted by molar-refractivity contribution is -0.135. The first-order valence-corrected chi connectivity index (χ1v) is 5.22. The molecule has 0 aliphatic carbocycles. The minimum Gasteiger partial charge on any atom is -0.477 e. The average Bonchev–Trinajstić information content (AvgIpc) is 2.59. The molecule has 1 rings (SSSR count). The fourth-order valence-corrected chi connectivity index (χ4v) is 1.52. The van der Waals surface area contributed by atoms with Crippen LogP contribution in [0.3, 0.4) is 0 Å². The highest BCUT2D eigenvalue weighted by molar-refractivity contribution is 5.97. The van der Waals surface area contributed by atoms with E-state index >= 15 is 0 Å². The summed E-state index contributed by atoms with van der Waals surface area (Å²) in [4.78, 5) is 21.9. The van der Waals surface area contributed by atoms with Crippen molar-refractivity contribution in [1.82, 2.24) is 4.57 Å². The van der Waals surface area contributed by atoms with Crippen LogP contribution in [-0.4, -0.2) is 27.6 Å². The third-order valence-electron chi connectivity index (χ3n) is 2.38. The molecule has 100 valence electrons. The average molecular weight is 263 g/mol. The maximum absolute atomic E-state index is 12.0. The highest BCUT2D eigenvalue weighted by Gasteiger charge is 2.26. The molecule has 0 aromatic carbocycles. The summed E-state index contributed by atoms with van der Waals surface area (Å²) in [7, 11) is 0. The number of aryl methyl sites for hydroxylation is 1. The van der Waals surface area contributed by atoms with E-state index in [1.54, 1.807) is 0 Å². The van der Waals surface area contributed by atoms with Gasteiger partial charge in [0.05, 0.1) is 0 Å². The fraction of sp³-hybridized carbons (Fsp3) is 0.455. The minimum atomic E-state index is -4.26. The summed E-state index contributed by atoms with van der Waals surface area (Å²) in [6, 6.07) is 1.16. The molecule has 0 fully saturated rings. The maximum atomic E-state index is 12.0. The molecule has 1 N–H and O–H groups in total. The van der Waals surface area contributed by atoms with Crippen LogP contribution in [0.5, 0.6) is 0 Å². The van der Waals surface area contributed by atoms with E-state index < -0.39 is 18.6 Å². The first kappa shape index (κ1) is 14.3. The number of aromatic nitrogens is 1. The molecule has 0 bridgehead atoms. The number of halogens is 3. The van der Waals surface area contributed by atoms with Crippen LogP contribution in [0.4, 0.5) is 13.2 Å². The van der Waals surface area contributed by atoms with E-state index in [0.29, 0.717) is 0 Å². The summed E-state index contributed by atoms with van der Waals surface area (Å²) in [5.41, 5.74) is 0.00165. The molecule has 0 aliphatic heterocycles. The van der Waals surface area contributed by atoms with Crippen molar-refractivity contribution in [3.63, 3.8) is 0 Å². The number of Topliss-reactive ketones (excluding diaryl/α,β-unsaturated/α-hetero) is 1. The van der Waals surface area contributed by atoms with E-state index in [9.17, 15) is 22.8 Å². The fourth-order valence-electron chi connectivity index (χ4n) is 1.52. The van der Waals surface area contributed by atoms with Crippen LogP contribution in [0.15, 0.2) is 12.3 Å². The van der Waals surface area contributed by atoms with Crippen molar-refractivity contribution in [1.29, 1.82) is 0 Å². The lowest BCUT2D eigenvalue weighted by atomic mass is 10.2. The van der Waals surface area contributed by atoms with Gasteiger partial charge in [-0.3, -0.25) is 4.79 Å². The summed E-state index contributed by atoms with van der Waals surface area (Å²) in [5, 5.41) is 8.87. The monoisotopic (exact) mass is 263 g/mol. The lowest BCUT2D eigenvalue weighted by Gasteiger charge is -2.08. The van der Waals surface area contributed by atoms with Gasteiger partial charge in [-0.15, -0.1) is 0 Å². The Labute approximate surface area is 101 Å². The van der Waals surface area contributed by atoms with Gasteiger partial charge in [-0.05, 0) is 19.4 Å². The number of hydrogen-bond acceptors (Lipinski definition) is 2. The van der Waals surface area contributed by atoms with Crippen LogP contribution in [-0.2, 0) is 6.54 Å². The van der Waals surface area contributed by atoms with Crippen LogP contribution in [0.25, 0.3) is 0 Å². The summed E-state index contributed by atoms with van der Waals surface area (Å²) >= 11 is 0. The highest BCUT2D eigenvalue weighted by atomic mass is 19.4. The molecule has 0 saturated heterocycles. The number of aromatic carboxylic acids is 1. The Kier molecular flexibility index (Phi) is 4.15.